The highest BCUT2D eigenvalue weighted by Crippen LogP contribution is 2.52. The highest BCUT2D eigenvalue weighted by Gasteiger charge is 2.44. The van der Waals surface area contributed by atoms with Crippen molar-refractivity contribution < 1.29 is 0 Å². The van der Waals surface area contributed by atoms with Gasteiger partial charge >= 0.3 is 0 Å². The summed E-state index contributed by atoms with van der Waals surface area (Å²) in [4.78, 5) is 5.21. The molecular formula is C66H40BN3S2. The number of aromatic nitrogens is 1. The van der Waals surface area contributed by atoms with Crippen LogP contribution in [-0.2, 0) is 0 Å². The zero-order valence-electron chi connectivity index (χ0n) is 38.8. The fourth-order valence-electron chi connectivity index (χ4n) is 12.3. The maximum absolute atomic E-state index is 2.62. The molecule has 0 fully saturated rings. The highest BCUT2D eigenvalue weighted by molar-refractivity contribution is 7.26. The van der Waals surface area contributed by atoms with E-state index in [-0.39, 0.29) is 6.71 Å². The zero-order chi connectivity index (χ0) is 47.0. The zero-order valence-corrected chi connectivity index (χ0v) is 40.5. The van der Waals surface area contributed by atoms with Gasteiger partial charge in [0.2, 0.25) is 0 Å². The number of para-hydroxylation sites is 3. The second-order valence-electron chi connectivity index (χ2n) is 19.1. The van der Waals surface area contributed by atoms with Gasteiger partial charge in [-0.3, -0.25) is 0 Å². The van der Waals surface area contributed by atoms with Gasteiger partial charge in [0.05, 0.1) is 22.4 Å². The quantitative estimate of drug-likeness (QED) is 0.159. The Labute approximate surface area is 424 Å². The molecule has 0 atom stereocenters. The number of thiophene rings is 2. The predicted molar refractivity (Wildman–Crippen MR) is 311 cm³/mol. The molecule has 0 spiro atoms. The van der Waals surface area contributed by atoms with Crippen LogP contribution in [0.2, 0.25) is 0 Å². The molecule has 5 heterocycles. The van der Waals surface area contributed by atoms with Crippen LogP contribution in [0.1, 0.15) is 0 Å². The molecule has 0 amide bonds. The monoisotopic (exact) mass is 949 g/mol. The van der Waals surface area contributed by atoms with Crippen molar-refractivity contribution in [2.45, 2.75) is 0 Å². The third-order valence-electron chi connectivity index (χ3n) is 15.4. The summed E-state index contributed by atoms with van der Waals surface area (Å²) in [5.74, 6) is 0. The first-order valence-corrected chi connectivity index (χ1v) is 26.3. The molecule has 0 saturated heterocycles. The van der Waals surface area contributed by atoms with E-state index in [1.807, 2.05) is 22.7 Å². The second kappa shape index (κ2) is 15.4. The highest BCUT2D eigenvalue weighted by atomic mass is 32.1. The molecule has 16 rings (SSSR count). The molecule has 14 aromatic rings. The van der Waals surface area contributed by atoms with Crippen LogP contribution in [0.3, 0.4) is 0 Å². The van der Waals surface area contributed by atoms with Gasteiger partial charge < -0.3 is 14.4 Å². The first-order valence-electron chi connectivity index (χ1n) is 24.7. The Kier molecular flexibility index (Phi) is 8.58. The minimum absolute atomic E-state index is 0.0427. The lowest BCUT2D eigenvalue weighted by atomic mass is 9.33. The van der Waals surface area contributed by atoms with Crippen molar-refractivity contribution >= 4 is 142 Å². The van der Waals surface area contributed by atoms with Gasteiger partial charge in [-0.15, -0.1) is 22.7 Å². The fraction of sp³-hybridized carbons (Fsp3) is 0. The van der Waals surface area contributed by atoms with E-state index in [2.05, 4.69) is 257 Å². The predicted octanol–water partition coefficient (Wildman–Crippen LogP) is 16.9. The van der Waals surface area contributed by atoms with Crippen LogP contribution < -0.4 is 26.2 Å². The summed E-state index contributed by atoms with van der Waals surface area (Å²) >= 11 is 3.76. The fourth-order valence-corrected chi connectivity index (χ4v) is 14.6. The Balaban J connectivity index is 1.02. The average Bonchev–Trinajstić information content (AvgIpc) is 4.12. The number of rotatable bonds is 5. The third kappa shape index (κ3) is 5.73. The molecule has 3 nitrogen and oxygen atoms in total. The van der Waals surface area contributed by atoms with Gasteiger partial charge in [0.25, 0.3) is 6.71 Å². The lowest BCUT2D eigenvalue weighted by molar-refractivity contribution is 1.17. The van der Waals surface area contributed by atoms with Gasteiger partial charge in [-0.05, 0) is 106 Å². The minimum atomic E-state index is -0.0427. The Morgan fingerprint density at radius 1 is 0.292 bits per heavy atom. The molecule has 334 valence electrons. The number of hydrogen-bond acceptors (Lipinski definition) is 4. The van der Waals surface area contributed by atoms with Crippen molar-refractivity contribution in [3.8, 4) is 27.9 Å². The smallest absolute Gasteiger partial charge is 0.252 e. The molecule has 0 unspecified atom stereocenters. The Hall–Kier alpha value is -8.68. The van der Waals surface area contributed by atoms with Crippen molar-refractivity contribution in [3.63, 3.8) is 0 Å². The Morgan fingerprint density at radius 2 is 0.750 bits per heavy atom. The molecule has 0 N–H and O–H groups in total. The summed E-state index contributed by atoms with van der Waals surface area (Å²) in [6.45, 7) is -0.0427. The Morgan fingerprint density at radius 3 is 1.33 bits per heavy atom. The average molecular weight is 950 g/mol. The van der Waals surface area contributed by atoms with Gasteiger partial charge in [0, 0.05) is 90.7 Å². The lowest BCUT2D eigenvalue weighted by Crippen LogP contribution is -2.61. The lowest BCUT2D eigenvalue weighted by Gasteiger charge is -2.45. The molecule has 11 aromatic carbocycles. The van der Waals surface area contributed by atoms with Gasteiger partial charge in [-0.25, -0.2) is 0 Å². The van der Waals surface area contributed by atoms with E-state index >= 15 is 0 Å². The molecule has 2 aliphatic rings. The van der Waals surface area contributed by atoms with Crippen LogP contribution in [0.4, 0.5) is 34.1 Å². The number of anilines is 6. The van der Waals surface area contributed by atoms with Crippen LogP contribution in [-0.4, -0.2) is 11.3 Å². The molecular weight excluding hydrogens is 910 g/mol. The molecule has 3 aromatic heterocycles. The Bertz CT molecular complexity index is 4500. The van der Waals surface area contributed by atoms with Crippen molar-refractivity contribution in [3.05, 3.63) is 243 Å². The van der Waals surface area contributed by atoms with Gasteiger partial charge in [0.15, 0.2) is 0 Å². The summed E-state index contributed by atoms with van der Waals surface area (Å²) in [7, 11) is 0. The summed E-state index contributed by atoms with van der Waals surface area (Å²) in [6.07, 6.45) is 0. The first-order chi connectivity index (χ1) is 35.7. The summed E-state index contributed by atoms with van der Waals surface area (Å²) in [6, 6.07) is 90.8. The van der Waals surface area contributed by atoms with Crippen LogP contribution >= 0.6 is 22.7 Å². The second-order valence-corrected chi connectivity index (χ2v) is 21.3. The van der Waals surface area contributed by atoms with Crippen molar-refractivity contribution in [1.82, 2.24) is 4.57 Å². The van der Waals surface area contributed by atoms with E-state index in [1.54, 1.807) is 0 Å². The maximum Gasteiger partial charge on any atom is 0.252 e. The SMILES string of the molecule is c1ccc(-c2cc3sc4ccccc4c3cc2N2c3ccccc3B3c4ccc(-n5c6ccccc6c6ccccc65)cc4N(c4cc5c(cc4-c4ccccc4)sc4ccccc45)c4cccc2c43)cc1. The van der Waals surface area contributed by atoms with E-state index < -0.39 is 0 Å². The number of nitrogens with zero attached hydrogens (tertiary/aromatic N) is 3. The number of benzene rings is 11. The van der Waals surface area contributed by atoms with Crippen LogP contribution in [0.15, 0.2) is 243 Å². The van der Waals surface area contributed by atoms with E-state index in [4.69, 9.17) is 0 Å². The molecule has 2 aliphatic heterocycles. The molecule has 0 radical (unpaired) electrons. The topological polar surface area (TPSA) is 11.4 Å². The largest absolute Gasteiger partial charge is 0.311 e. The first kappa shape index (κ1) is 40.1. The normalized spacial score (nSPS) is 12.9. The molecule has 6 heteroatoms. The summed E-state index contributed by atoms with van der Waals surface area (Å²) in [5, 5.41) is 7.64. The van der Waals surface area contributed by atoms with Crippen molar-refractivity contribution in [1.29, 1.82) is 0 Å². The van der Waals surface area contributed by atoms with Crippen molar-refractivity contribution in [2.75, 3.05) is 9.80 Å². The van der Waals surface area contributed by atoms with Gasteiger partial charge in [-0.1, -0.05) is 164 Å². The molecule has 72 heavy (non-hydrogen) atoms. The van der Waals surface area contributed by atoms with Crippen LogP contribution in [0.25, 0.3) is 90.1 Å². The summed E-state index contributed by atoms with van der Waals surface area (Å²) in [5.41, 5.74) is 19.3. The number of fused-ring (bicyclic) bond motifs is 13. The van der Waals surface area contributed by atoms with E-state index in [1.165, 1.54) is 129 Å². The minimum Gasteiger partial charge on any atom is -0.311 e. The van der Waals surface area contributed by atoms with E-state index in [0.29, 0.717) is 0 Å². The van der Waals surface area contributed by atoms with Gasteiger partial charge in [0.1, 0.15) is 0 Å². The van der Waals surface area contributed by atoms with E-state index in [9.17, 15) is 0 Å². The number of hydrogen-bond donors (Lipinski definition) is 0. The van der Waals surface area contributed by atoms with E-state index in [0.717, 1.165) is 11.4 Å². The maximum atomic E-state index is 2.62. The molecule has 0 bridgehead atoms. The van der Waals surface area contributed by atoms with Crippen LogP contribution in [0, 0.1) is 0 Å². The standard InChI is InChI=1S/C66H40BN3S2/c1-3-18-41(19-4-1)48-39-64-50(46-24-9-15-32-62(46)71-64)37-59(48)69-56-29-14-11-26-52(56)67-53-35-34-43(68-54-27-12-7-22-44(54)45-23-8-13-28-55(45)68)36-61(53)70(58-31-17-30-57(69)66(58)67)60-38-51-47-25-10-16-33-63(47)72-65(51)40-49(60)42-20-5-2-6-21-42/h1-40H. The molecule has 0 aliphatic carbocycles. The molecule has 0 saturated carbocycles. The van der Waals surface area contributed by atoms with Crippen LogP contribution in [0.5, 0.6) is 0 Å². The third-order valence-corrected chi connectivity index (χ3v) is 17.6. The van der Waals surface area contributed by atoms with Crippen molar-refractivity contribution in [2.24, 2.45) is 0 Å². The summed E-state index contributed by atoms with van der Waals surface area (Å²) < 4.78 is 7.64. The van der Waals surface area contributed by atoms with Gasteiger partial charge in [-0.2, -0.15) is 0 Å².